The number of hydrogen-bond acceptors (Lipinski definition) is 3. The molecule has 7 aromatic rings. The summed E-state index contributed by atoms with van der Waals surface area (Å²) in [6.45, 7) is 0. The van der Waals surface area contributed by atoms with Gasteiger partial charge < -0.3 is 10.2 Å². The fraction of sp³-hybridized carbons (Fsp3) is 0. The average molecular weight is 469 g/mol. The zero-order chi connectivity index (χ0) is 23.5. The fourth-order valence-corrected chi connectivity index (χ4v) is 6.56. The fourth-order valence-electron chi connectivity index (χ4n) is 5.34. The Morgan fingerprint density at radius 2 is 0.771 bits per heavy atom. The quantitative estimate of drug-likeness (QED) is 0.266. The van der Waals surface area contributed by atoms with E-state index in [1.54, 1.807) is 23.5 Å². The van der Waals surface area contributed by atoms with Crippen LogP contribution in [0, 0.1) is 0 Å². The lowest BCUT2D eigenvalue weighted by atomic mass is 9.91. The molecular weight excluding hydrogens is 448 g/mol. The first kappa shape index (κ1) is 20.1. The summed E-state index contributed by atoms with van der Waals surface area (Å²) >= 11 is 1.76. The van der Waals surface area contributed by atoms with Crippen LogP contribution in [0.2, 0.25) is 0 Å². The molecule has 0 aliphatic carbocycles. The number of para-hydroxylation sites is 2. The molecule has 0 radical (unpaired) electrons. The maximum absolute atomic E-state index is 10.6. The van der Waals surface area contributed by atoms with Gasteiger partial charge in [0.1, 0.15) is 11.5 Å². The molecule has 0 saturated carbocycles. The van der Waals surface area contributed by atoms with E-state index < -0.39 is 0 Å². The third-order valence-corrected chi connectivity index (χ3v) is 7.96. The minimum absolute atomic E-state index is 0.283. The molecule has 0 amide bonds. The van der Waals surface area contributed by atoms with Gasteiger partial charge in [-0.05, 0) is 56.9 Å². The first-order valence-electron chi connectivity index (χ1n) is 11.6. The van der Waals surface area contributed by atoms with Gasteiger partial charge in [0.2, 0.25) is 0 Å². The third kappa shape index (κ3) is 2.95. The van der Waals surface area contributed by atoms with E-state index in [2.05, 4.69) is 60.7 Å². The Balaban J connectivity index is 1.67. The van der Waals surface area contributed by atoms with Crippen molar-refractivity contribution < 1.29 is 10.2 Å². The molecule has 1 heterocycles. The number of benzene rings is 6. The zero-order valence-electron chi connectivity index (χ0n) is 18.7. The highest BCUT2D eigenvalue weighted by atomic mass is 32.1. The monoisotopic (exact) mass is 468 g/mol. The molecule has 2 N–H and O–H groups in total. The Labute approximate surface area is 206 Å². The van der Waals surface area contributed by atoms with Gasteiger partial charge in [0, 0.05) is 31.3 Å². The van der Waals surface area contributed by atoms with E-state index in [1.807, 2.05) is 36.4 Å². The molecule has 0 atom stereocenters. The van der Waals surface area contributed by atoms with Gasteiger partial charge in [-0.3, -0.25) is 0 Å². The summed E-state index contributed by atoms with van der Waals surface area (Å²) in [6, 6.07) is 36.4. The van der Waals surface area contributed by atoms with Crippen molar-refractivity contribution in [2.45, 2.75) is 0 Å². The van der Waals surface area contributed by atoms with Crippen molar-refractivity contribution in [3.8, 4) is 33.8 Å². The molecule has 0 unspecified atom stereocenters. The summed E-state index contributed by atoms with van der Waals surface area (Å²) in [5.41, 5.74) is 3.73. The molecule has 7 rings (SSSR count). The molecule has 6 aromatic carbocycles. The summed E-state index contributed by atoms with van der Waals surface area (Å²) < 4.78 is 2.35. The number of fused-ring (bicyclic) bond motifs is 7. The van der Waals surface area contributed by atoms with E-state index in [0.717, 1.165) is 33.0 Å². The normalized spacial score (nSPS) is 11.7. The average Bonchev–Trinajstić information content (AvgIpc) is 3.27. The zero-order valence-corrected chi connectivity index (χ0v) is 19.5. The minimum atomic E-state index is 0.283. The van der Waals surface area contributed by atoms with Crippen LogP contribution < -0.4 is 0 Å². The summed E-state index contributed by atoms with van der Waals surface area (Å²) in [4.78, 5) is 0. The second-order valence-corrected chi connectivity index (χ2v) is 9.91. The van der Waals surface area contributed by atoms with E-state index in [0.29, 0.717) is 0 Å². The smallest absolute Gasteiger partial charge is 0.123 e. The van der Waals surface area contributed by atoms with Crippen molar-refractivity contribution in [1.82, 2.24) is 0 Å². The summed E-state index contributed by atoms with van der Waals surface area (Å²) in [5, 5.41) is 28.4. The van der Waals surface area contributed by atoms with Crippen molar-refractivity contribution >= 4 is 53.1 Å². The number of rotatable bonds is 2. The molecule has 0 fully saturated rings. The van der Waals surface area contributed by atoms with Crippen molar-refractivity contribution in [3.63, 3.8) is 0 Å². The number of aromatic hydroxyl groups is 2. The largest absolute Gasteiger partial charge is 0.507 e. The van der Waals surface area contributed by atoms with Gasteiger partial charge in [-0.25, -0.2) is 0 Å². The van der Waals surface area contributed by atoms with Crippen LogP contribution >= 0.6 is 11.3 Å². The Kier molecular flexibility index (Phi) is 4.35. The Bertz CT molecular complexity index is 1790. The van der Waals surface area contributed by atoms with E-state index in [1.165, 1.54) is 30.9 Å². The molecule has 3 heteroatoms. The molecule has 0 spiro atoms. The lowest BCUT2D eigenvalue weighted by Gasteiger charge is -2.12. The van der Waals surface area contributed by atoms with E-state index in [-0.39, 0.29) is 11.5 Å². The van der Waals surface area contributed by atoms with Crippen LogP contribution in [0.4, 0.5) is 0 Å². The lowest BCUT2D eigenvalue weighted by molar-refractivity contribution is 0.477. The van der Waals surface area contributed by atoms with Crippen molar-refractivity contribution in [1.29, 1.82) is 0 Å². The predicted octanol–water partition coefficient (Wildman–Crippen LogP) is 9.11. The Morgan fingerprint density at radius 3 is 1.20 bits per heavy atom. The van der Waals surface area contributed by atoms with Gasteiger partial charge in [-0.2, -0.15) is 0 Å². The topological polar surface area (TPSA) is 40.5 Å². The summed E-state index contributed by atoms with van der Waals surface area (Å²) in [7, 11) is 0. The number of hydrogen-bond donors (Lipinski definition) is 2. The molecule has 0 bridgehead atoms. The van der Waals surface area contributed by atoms with Gasteiger partial charge in [-0.1, -0.05) is 84.9 Å². The Hall–Kier alpha value is -4.34. The standard InChI is InChI=1S/C32H20O2S/c33-27-15-7-5-11-21(27)25-17-29-31(23-13-3-1-9-19(23)25)32-24-14-4-2-10-20(24)26(18-30(32)35-29)22-12-6-8-16-28(22)34/h1-18,33-34H. The Morgan fingerprint density at radius 1 is 0.400 bits per heavy atom. The van der Waals surface area contributed by atoms with Crippen molar-refractivity contribution in [3.05, 3.63) is 109 Å². The third-order valence-electron chi connectivity index (χ3n) is 6.88. The summed E-state index contributed by atoms with van der Waals surface area (Å²) in [5.74, 6) is 0.566. The maximum Gasteiger partial charge on any atom is 0.123 e. The first-order chi connectivity index (χ1) is 17.2. The van der Waals surface area contributed by atoms with Crippen LogP contribution in [0.15, 0.2) is 109 Å². The van der Waals surface area contributed by atoms with Crippen LogP contribution in [-0.4, -0.2) is 10.2 Å². The van der Waals surface area contributed by atoms with Crippen LogP contribution in [0.25, 0.3) is 64.0 Å². The minimum Gasteiger partial charge on any atom is -0.507 e. The SMILES string of the molecule is Oc1ccccc1-c1cc2sc3cc(-c4ccccc4O)c4ccccc4c3c2c2ccccc12. The van der Waals surface area contributed by atoms with Crippen LogP contribution in [0.3, 0.4) is 0 Å². The van der Waals surface area contributed by atoms with E-state index in [4.69, 9.17) is 0 Å². The van der Waals surface area contributed by atoms with Crippen LogP contribution in [0.5, 0.6) is 11.5 Å². The molecule has 0 saturated heterocycles. The lowest BCUT2D eigenvalue weighted by Crippen LogP contribution is -1.85. The number of thiophene rings is 1. The second kappa shape index (κ2) is 7.59. The van der Waals surface area contributed by atoms with Crippen molar-refractivity contribution in [2.75, 3.05) is 0 Å². The summed E-state index contributed by atoms with van der Waals surface area (Å²) in [6.07, 6.45) is 0. The highest BCUT2D eigenvalue weighted by Crippen LogP contribution is 2.48. The predicted molar refractivity (Wildman–Crippen MR) is 149 cm³/mol. The van der Waals surface area contributed by atoms with Crippen molar-refractivity contribution in [2.24, 2.45) is 0 Å². The van der Waals surface area contributed by atoms with Crippen LogP contribution in [-0.2, 0) is 0 Å². The molecular formula is C32H20O2S. The van der Waals surface area contributed by atoms with Crippen LogP contribution in [0.1, 0.15) is 0 Å². The molecule has 0 aliphatic heterocycles. The molecule has 2 nitrogen and oxygen atoms in total. The van der Waals surface area contributed by atoms with Gasteiger partial charge in [0.25, 0.3) is 0 Å². The van der Waals surface area contributed by atoms with Gasteiger partial charge in [-0.15, -0.1) is 11.3 Å². The van der Waals surface area contributed by atoms with Gasteiger partial charge in [0.05, 0.1) is 0 Å². The number of phenolic OH excluding ortho intramolecular Hbond substituents is 2. The second-order valence-electron chi connectivity index (χ2n) is 8.82. The molecule has 35 heavy (non-hydrogen) atoms. The highest BCUT2D eigenvalue weighted by Gasteiger charge is 2.19. The van der Waals surface area contributed by atoms with Gasteiger partial charge in [0.15, 0.2) is 0 Å². The maximum atomic E-state index is 10.6. The molecule has 1 aromatic heterocycles. The van der Waals surface area contributed by atoms with E-state index in [9.17, 15) is 10.2 Å². The highest BCUT2D eigenvalue weighted by molar-refractivity contribution is 7.26. The number of phenols is 2. The van der Waals surface area contributed by atoms with Gasteiger partial charge >= 0.3 is 0 Å². The first-order valence-corrected chi connectivity index (χ1v) is 12.4. The molecule has 166 valence electrons. The van der Waals surface area contributed by atoms with E-state index >= 15 is 0 Å². The molecule has 0 aliphatic rings.